The predicted octanol–water partition coefficient (Wildman–Crippen LogP) is 2.16. The van der Waals surface area contributed by atoms with Crippen molar-refractivity contribution in [1.29, 1.82) is 0 Å². The van der Waals surface area contributed by atoms with Gasteiger partial charge in [0, 0.05) is 37.4 Å². The van der Waals surface area contributed by atoms with Gasteiger partial charge >= 0.3 is 0 Å². The molecule has 0 atom stereocenters. The lowest BCUT2D eigenvalue weighted by atomic mass is 10.1. The fraction of sp³-hybridized carbons (Fsp3) is 0.182. The molecular formula is C22H23N9O2S2. The summed E-state index contributed by atoms with van der Waals surface area (Å²) in [6.07, 6.45) is 0. The number of piperazine rings is 1. The lowest BCUT2D eigenvalue weighted by molar-refractivity contribution is 0.360. The van der Waals surface area contributed by atoms with Gasteiger partial charge in [-0.3, -0.25) is 0 Å². The Kier molecular flexibility index (Phi) is 6.30. The standard InChI is InChI=1S/C22H23N9O2S2/c23-20-28-19(18-17(27-21(24)34-18)14-5-2-1-3-6-14)29-22(30-20)26-15-7-4-8-16(13-15)35(32,33)31-11-9-25-10-12-31/h1-8,13,25H,9-12H2,(H2,24,27)(H3,23,26,28,29,30). The summed E-state index contributed by atoms with van der Waals surface area (Å²) in [7, 11) is -3.61. The number of aromatic nitrogens is 4. The Hall–Kier alpha value is -3.65. The average molecular weight is 510 g/mol. The van der Waals surface area contributed by atoms with Gasteiger partial charge in [0.25, 0.3) is 0 Å². The summed E-state index contributed by atoms with van der Waals surface area (Å²) in [5.41, 5.74) is 14.0. The minimum Gasteiger partial charge on any atom is -0.375 e. The summed E-state index contributed by atoms with van der Waals surface area (Å²) in [4.78, 5) is 18.3. The molecule has 11 nitrogen and oxygen atoms in total. The van der Waals surface area contributed by atoms with E-state index in [9.17, 15) is 8.42 Å². The van der Waals surface area contributed by atoms with Gasteiger partial charge in [-0.2, -0.15) is 19.3 Å². The second kappa shape index (κ2) is 9.54. The van der Waals surface area contributed by atoms with Crippen LogP contribution in [0.5, 0.6) is 0 Å². The van der Waals surface area contributed by atoms with Crippen LogP contribution in [0.4, 0.5) is 22.7 Å². The van der Waals surface area contributed by atoms with Crippen LogP contribution in [0.25, 0.3) is 22.0 Å². The molecule has 0 saturated carbocycles. The third-order valence-corrected chi connectivity index (χ3v) is 8.13. The Morgan fingerprint density at radius 2 is 1.71 bits per heavy atom. The highest BCUT2D eigenvalue weighted by atomic mass is 32.2. The largest absolute Gasteiger partial charge is 0.375 e. The van der Waals surface area contributed by atoms with Crippen molar-refractivity contribution in [3.8, 4) is 22.0 Å². The SMILES string of the molecule is Nc1nc(Nc2cccc(S(=O)(=O)N3CCNCC3)c2)nc(-c2sc(N)nc2-c2ccccc2)n1. The first-order chi connectivity index (χ1) is 16.9. The fourth-order valence-electron chi connectivity index (χ4n) is 3.73. The number of benzene rings is 2. The molecule has 3 heterocycles. The van der Waals surface area contributed by atoms with E-state index in [1.165, 1.54) is 15.6 Å². The van der Waals surface area contributed by atoms with Crippen LogP contribution in [0.3, 0.4) is 0 Å². The van der Waals surface area contributed by atoms with Crippen LogP contribution < -0.4 is 22.1 Å². The van der Waals surface area contributed by atoms with Crippen LogP contribution >= 0.6 is 11.3 Å². The summed E-state index contributed by atoms with van der Waals surface area (Å²) in [5, 5.41) is 6.58. The van der Waals surface area contributed by atoms with Crippen LogP contribution in [-0.4, -0.2) is 58.8 Å². The third-order valence-electron chi connectivity index (χ3n) is 5.35. The molecule has 0 amide bonds. The molecule has 5 rings (SSSR count). The zero-order valence-corrected chi connectivity index (χ0v) is 20.2. The molecule has 0 spiro atoms. The number of nitrogens with one attached hydrogen (secondary N) is 2. The predicted molar refractivity (Wildman–Crippen MR) is 137 cm³/mol. The second-order valence-corrected chi connectivity index (χ2v) is 10.7. The fourth-order valence-corrected chi connectivity index (χ4v) is 6.00. The normalized spacial score (nSPS) is 14.6. The van der Waals surface area contributed by atoms with Crippen molar-refractivity contribution in [2.75, 3.05) is 43.0 Å². The van der Waals surface area contributed by atoms with E-state index in [0.717, 1.165) is 5.56 Å². The summed E-state index contributed by atoms with van der Waals surface area (Å²) < 4.78 is 27.6. The van der Waals surface area contributed by atoms with Gasteiger partial charge in [-0.05, 0) is 18.2 Å². The molecule has 0 radical (unpaired) electrons. The van der Waals surface area contributed by atoms with Gasteiger partial charge in [-0.15, -0.1) is 0 Å². The number of sulfonamides is 1. The number of nitrogens with zero attached hydrogens (tertiary/aromatic N) is 5. The van der Waals surface area contributed by atoms with Crippen LogP contribution in [0.1, 0.15) is 0 Å². The topological polar surface area (TPSA) is 165 Å². The number of hydrogen-bond donors (Lipinski definition) is 4. The van der Waals surface area contributed by atoms with E-state index in [4.69, 9.17) is 11.5 Å². The molecule has 2 aromatic heterocycles. The smallest absolute Gasteiger partial charge is 0.243 e. The first-order valence-electron chi connectivity index (χ1n) is 10.8. The van der Waals surface area contributed by atoms with Crippen LogP contribution in [0.15, 0.2) is 59.5 Å². The molecule has 1 fully saturated rings. The maximum Gasteiger partial charge on any atom is 0.243 e. The molecule has 1 saturated heterocycles. The molecule has 13 heteroatoms. The summed E-state index contributed by atoms with van der Waals surface area (Å²) in [5.74, 6) is 0.501. The highest BCUT2D eigenvalue weighted by Crippen LogP contribution is 2.36. The maximum absolute atomic E-state index is 13.1. The Bertz CT molecular complexity index is 1450. The van der Waals surface area contributed by atoms with Crippen molar-refractivity contribution >= 4 is 44.1 Å². The van der Waals surface area contributed by atoms with E-state index in [1.807, 2.05) is 30.3 Å². The lowest BCUT2D eigenvalue weighted by Crippen LogP contribution is -2.46. The number of nitrogen functional groups attached to an aromatic ring is 2. The molecule has 0 aliphatic carbocycles. The molecule has 4 aromatic rings. The van der Waals surface area contributed by atoms with Crippen LogP contribution in [0, 0.1) is 0 Å². The monoisotopic (exact) mass is 509 g/mol. The number of hydrogen-bond acceptors (Lipinski definition) is 11. The molecule has 1 aliphatic rings. The molecule has 1 aliphatic heterocycles. The minimum absolute atomic E-state index is 0.00748. The Balaban J connectivity index is 1.46. The van der Waals surface area contributed by atoms with Crippen molar-refractivity contribution in [3.05, 3.63) is 54.6 Å². The van der Waals surface area contributed by atoms with Gasteiger partial charge < -0.3 is 22.1 Å². The van der Waals surface area contributed by atoms with E-state index in [1.54, 1.807) is 24.3 Å². The number of nitrogens with two attached hydrogens (primary N) is 2. The third kappa shape index (κ3) is 4.93. The average Bonchev–Trinajstić information content (AvgIpc) is 3.27. The van der Waals surface area contributed by atoms with E-state index < -0.39 is 10.0 Å². The molecule has 2 aromatic carbocycles. The molecule has 0 unspecified atom stereocenters. The van der Waals surface area contributed by atoms with Crippen molar-refractivity contribution in [2.24, 2.45) is 0 Å². The van der Waals surface area contributed by atoms with Crippen LogP contribution in [-0.2, 0) is 10.0 Å². The first-order valence-corrected chi connectivity index (χ1v) is 13.1. The number of rotatable bonds is 6. The molecule has 180 valence electrons. The quantitative estimate of drug-likeness (QED) is 0.303. The highest BCUT2D eigenvalue weighted by molar-refractivity contribution is 7.89. The van der Waals surface area contributed by atoms with E-state index in [2.05, 4.69) is 30.6 Å². The van der Waals surface area contributed by atoms with Gasteiger partial charge in [-0.25, -0.2) is 13.4 Å². The van der Waals surface area contributed by atoms with E-state index in [0.29, 0.717) is 53.4 Å². The first kappa shape index (κ1) is 23.1. The van der Waals surface area contributed by atoms with Gasteiger partial charge in [-0.1, -0.05) is 47.7 Å². The zero-order chi connectivity index (χ0) is 24.4. The van der Waals surface area contributed by atoms with Gasteiger partial charge in [0.2, 0.25) is 21.9 Å². The second-order valence-electron chi connectivity index (χ2n) is 7.74. The number of thiazole rings is 1. The van der Waals surface area contributed by atoms with Gasteiger partial charge in [0.15, 0.2) is 11.0 Å². The van der Waals surface area contributed by atoms with Gasteiger partial charge in [0.05, 0.1) is 10.6 Å². The van der Waals surface area contributed by atoms with Crippen molar-refractivity contribution < 1.29 is 8.42 Å². The molecular weight excluding hydrogens is 486 g/mol. The summed E-state index contributed by atoms with van der Waals surface area (Å²) in [6, 6.07) is 16.1. The Morgan fingerprint density at radius 1 is 0.943 bits per heavy atom. The molecule has 0 bridgehead atoms. The van der Waals surface area contributed by atoms with E-state index >= 15 is 0 Å². The van der Waals surface area contributed by atoms with Gasteiger partial charge in [0.1, 0.15) is 4.88 Å². The maximum atomic E-state index is 13.1. The summed E-state index contributed by atoms with van der Waals surface area (Å²) >= 11 is 1.25. The molecule has 35 heavy (non-hydrogen) atoms. The van der Waals surface area contributed by atoms with Crippen molar-refractivity contribution in [2.45, 2.75) is 4.90 Å². The molecule has 6 N–H and O–H groups in total. The summed E-state index contributed by atoms with van der Waals surface area (Å²) in [6.45, 7) is 2.10. The van der Waals surface area contributed by atoms with Crippen LogP contribution in [0.2, 0.25) is 0 Å². The number of anilines is 4. The Morgan fingerprint density at radius 3 is 2.49 bits per heavy atom. The zero-order valence-electron chi connectivity index (χ0n) is 18.5. The van der Waals surface area contributed by atoms with E-state index in [-0.39, 0.29) is 16.8 Å². The van der Waals surface area contributed by atoms with Crippen molar-refractivity contribution in [1.82, 2.24) is 29.6 Å². The van der Waals surface area contributed by atoms with Crippen molar-refractivity contribution in [3.63, 3.8) is 0 Å². The Labute approximate surface area is 206 Å². The highest BCUT2D eigenvalue weighted by Gasteiger charge is 2.26. The lowest BCUT2D eigenvalue weighted by Gasteiger charge is -2.26. The minimum atomic E-state index is -3.61.